The van der Waals surface area contributed by atoms with Crippen molar-refractivity contribution in [1.29, 1.82) is 0 Å². The van der Waals surface area contributed by atoms with Gasteiger partial charge in [-0.1, -0.05) is 12.8 Å². The molecule has 0 radical (unpaired) electrons. The monoisotopic (exact) mass is 423 g/mol. The second-order valence-corrected chi connectivity index (χ2v) is 8.40. The standard InChI is InChI=1S/C23H29N5O3/c1-26(2)23(30)16-13-27(3)19(20(16)31-5)21-25-17-12-15(10-11-18(17)28(21)4)24-22(29)14-8-6-7-9-14/h10-14H,6-9H2,1-5H3,(H,24,29). The summed E-state index contributed by atoms with van der Waals surface area (Å²) in [6, 6.07) is 5.76. The molecule has 1 aliphatic carbocycles. The van der Waals surface area contributed by atoms with E-state index in [9.17, 15) is 9.59 Å². The van der Waals surface area contributed by atoms with Crippen molar-refractivity contribution in [3.8, 4) is 17.3 Å². The van der Waals surface area contributed by atoms with Crippen molar-refractivity contribution < 1.29 is 14.3 Å². The Labute approximate surface area is 181 Å². The number of carbonyl (C=O) groups excluding carboxylic acids is 2. The third kappa shape index (κ3) is 3.66. The minimum Gasteiger partial charge on any atom is -0.494 e. The molecule has 1 saturated carbocycles. The molecule has 0 bridgehead atoms. The number of hydrogen-bond donors (Lipinski definition) is 1. The lowest BCUT2D eigenvalue weighted by Crippen LogP contribution is -2.21. The van der Waals surface area contributed by atoms with E-state index in [2.05, 4.69) is 5.32 Å². The number of ether oxygens (including phenoxy) is 1. The first-order valence-electron chi connectivity index (χ1n) is 10.5. The first-order chi connectivity index (χ1) is 14.8. The number of nitrogens with one attached hydrogen (secondary N) is 1. The summed E-state index contributed by atoms with van der Waals surface area (Å²) in [5.74, 6) is 1.24. The number of anilines is 1. The van der Waals surface area contributed by atoms with Gasteiger partial charge in [0, 0.05) is 46.0 Å². The Morgan fingerprint density at radius 3 is 2.55 bits per heavy atom. The SMILES string of the molecule is COc1c(C(=O)N(C)C)cn(C)c1-c1nc2cc(NC(=O)C3CCCC3)ccc2n1C. The molecule has 4 rings (SSSR count). The second-order valence-electron chi connectivity index (χ2n) is 8.40. The van der Waals surface area contributed by atoms with Crippen molar-refractivity contribution in [2.75, 3.05) is 26.5 Å². The number of amides is 2. The topological polar surface area (TPSA) is 81.4 Å². The van der Waals surface area contributed by atoms with Gasteiger partial charge >= 0.3 is 0 Å². The largest absolute Gasteiger partial charge is 0.494 e. The molecule has 0 saturated heterocycles. The summed E-state index contributed by atoms with van der Waals surface area (Å²) < 4.78 is 9.46. The highest BCUT2D eigenvalue weighted by molar-refractivity contribution is 5.99. The summed E-state index contributed by atoms with van der Waals surface area (Å²) in [5.41, 5.74) is 3.66. The van der Waals surface area contributed by atoms with Gasteiger partial charge in [0.05, 0.1) is 23.7 Å². The predicted octanol–water partition coefficient (Wildman–Crippen LogP) is 3.42. The summed E-state index contributed by atoms with van der Waals surface area (Å²) in [4.78, 5) is 31.4. The van der Waals surface area contributed by atoms with E-state index in [4.69, 9.17) is 9.72 Å². The van der Waals surface area contributed by atoms with E-state index in [1.807, 2.05) is 41.4 Å². The highest BCUT2D eigenvalue weighted by Gasteiger charge is 2.26. The number of imidazole rings is 1. The Kier molecular flexibility index (Phi) is 5.47. The highest BCUT2D eigenvalue weighted by Crippen LogP contribution is 2.36. The quantitative estimate of drug-likeness (QED) is 0.682. The van der Waals surface area contributed by atoms with Crippen LogP contribution < -0.4 is 10.1 Å². The summed E-state index contributed by atoms with van der Waals surface area (Å²) in [5, 5.41) is 3.04. The van der Waals surface area contributed by atoms with E-state index < -0.39 is 0 Å². The maximum Gasteiger partial charge on any atom is 0.258 e. The molecule has 8 heteroatoms. The van der Waals surface area contributed by atoms with E-state index in [1.165, 1.54) is 4.90 Å². The van der Waals surface area contributed by atoms with E-state index in [0.29, 0.717) is 17.1 Å². The maximum atomic E-state index is 12.6. The van der Waals surface area contributed by atoms with Crippen LogP contribution in [0.4, 0.5) is 5.69 Å². The summed E-state index contributed by atoms with van der Waals surface area (Å²) >= 11 is 0. The van der Waals surface area contributed by atoms with Crippen LogP contribution in [0.15, 0.2) is 24.4 Å². The smallest absolute Gasteiger partial charge is 0.258 e. The Morgan fingerprint density at radius 2 is 1.90 bits per heavy atom. The maximum absolute atomic E-state index is 12.6. The normalized spacial score (nSPS) is 14.2. The molecule has 0 spiro atoms. The van der Waals surface area contributed by atoms with Crippen LogP contribution in [-0.2, 0) is 18.9 Å². The molecule has 1 fully saturated rings. The van der Waals surface area contributed by atoms with Crippen LogP contribution in [0.3, 0.4) is 0 Å². The molecule has 0 aliphatic heterocycles. The van der Waals surface area contributed by atoms with Crippen LogP contribution in [-0.4, -0.2) is 52.0 Å². The van der Waals surface area contributed by atoms with Crippen molar-refractivity contribution in [1.82, 2.24) is 19.0 Å². The molecular formula is C23H29N5O3. The van der Waals surface area contributed by atoms with Gasteiger partial charge in [0.25, 0.3) is 5.91 Å². The summed E-state index contributed by atoms with van der Waals surface area (Å²) in [6.45, 7) is 0. The zero-order valence-electron chi connectivity index (χ0n) is 18.7. The Hall–Kier alpha value is -3.29. The minimum atomic E-state index is -0.130. The van der Waals surface area contributed by atoms with Gasteiger partial charge in [-0.15, -0.1) is 0 Å². The van der Waals surface area contributed by atoms with Gasteiger partial charge in [0.2, 0.25) is 5.91 Å². The lowest BCUT2D eigenvalue weighted by Gasteiger charge is -2.11. The molecule has 164 valence electrons. The third-order valence-corrected chi connectivity index (χ3v) is 6.06. The number of aromatic nitrogens is 3. The number of rotatable bonds is 5. The van der Waals surface area contributed by atoms with Crippen LogP contribution >= 0.6 is 0 Å². The van der Waals surface area contributed by atoms with E-state index in [0.717, 1.165) is 48.1 Å². The van der Waals surface area contributed by atoms with Gasteiger partial charge in [0.1, 0.15) is 5.69 Å². The van der Waals surface area contributed by atoms with E-state index in [-0.39, 0.29) is 17.7 Å². The fraction of sp³-hybridized carbons (Fsp3) is 0.435. The zero-order valence-corrected chi connectivity index (χ0v) is 18.7. The van der Waals surface area contributed by atoms with Gasteiger partial charge in [-0.25, -0.2) is 4.98 Å². The van der Waals surface area contributed by atoms with Gasteiger partial charge in [-0.3, -0.25) is 9.59 Å². The molecule has 2 heterocycles. The molecule has 8 nitrogen and oxygen atoms in total. The van der Waals surface area contributed by atoms with Gasteiger partial charge in [-0.05, 0) is 31.0 Å². The first kappa shape index (κ1) is 21.0. The third-order valence-electron chi connectivity index (χ3n) is 6.06. The van der Waals surface area contributed by atoms with E-state index >= 15 is 0 Å². The molecule has 0 atom stereocenters. The van der Waals surface area contributed by atoms with E-state index in [1.54, 1.807) is 27.4 Å². The average molecular weight is 424 g/mol. The molecular weight excluding hydrogens is 394 g/mol. The van der Waals surface area contributed by atoms with Crippen molar-refractivity contribution >= 4 is 28.5 Å². The first-order valence-corrected chi connectivity index (χ1v) is 10.5. The lowest BCUT2D eigenvalue weighted by molar-refractivity contribution is -0.119. The number of nitrogens with zero attached hydrogens (tertiary/aromatic N) is 4. The van der Waals surface area contributed by atoms with Crippen LogP contribution in [0, 0.1) is 5.92 Å². The number of fused-ring (bicyclic) bond motifs is 1. The van der Waals surface area contributed by atoms with Crippen LogP contribution in [0.5, 0.6) is 5.75 Å². The number of benzene rings is 1. The average Bonchev–Trinajstić information content (AvgIpc) is 3.45. The molecule has 31 heavy (non-hydrogen) atoms. The molecule has 2 aromatic heterocycles. The number of aryl methyl sites for hydroxylation is 2. The molecule has 2 amide bonds. The van der Waals surface area contributed by atoms with Gasteiger partial charge in [0.15, 0.2) is 11.6 Å². The molecule has 1 aromatic carbocycles. The fourth-order valence-electron chi connectivity index (χ4n) is 4.39. The van der Waals surface area contributed by atoms with Gasteiger partial charge < -0.3 is 24.1 Å². The zero-order chi connectivity index (χ0) is 22.3. The molecule has 3 aromatic rings. The number of carbonyl (C=O) groups is 2. The number of hydrogen-bond acceptors (Lipinski definition) is 4. The predicted molar refractivity (Wildman–Crippen MR) is 120 cm³/mol. The Morgan fingerprint density at radius 1 is 1.19 bits per heavy atom. The van der Waals surface area contributed by atoms with Crippen LogP contribution in [0.2, 0.25) is 0 Å². The fourth-order valence-corrected chi connectivity index (χ4v) is 4.39. The molecule has 1 aliphatic rings. The van der Waals surface area contributed by atoms with Crippen LogP contribution in [0.25, 0.3) is 22.6 Å². The second kappa shape index (κ2) is 8.09. The summed E-state index contributed by atoms with van der Waals surface area (Å²) in [6.07, 6.45) is 5.93. The van der Waals surface area contributed by atoms with Crippen molar-refractivity contribution in [3.63, 3.8) is 0 Å². The van der Waals surface area contributed by atoms with Crippen molar-refractivity contribution in [2.24, 2.45) is 20.0 Å². The van der Waals surface area contributed by atoms with Crippen LogP contribution in [0.1, 0.15) is 36.0 Å². The molecule has 0 unspecified atom stereocenters. The van der Waals surface area contributed by atoms with Crippen molar-refractivity contribution in [2.45, 2.75) is 25.7 Å². The Balaban J connectivity index is 1.73. The highest BCUT2D eigenvalue weighted by atomic mass is 16.5. The van der Waals surface area contributed by atoms with Gasteiger partial charge in [-0.2, -0.15) is 0 Å². The lowest BCUT2D eigenvalue weighted by atomic mass is 10.1. The minimum absolute atomic E-state index is 0.0870. The Bertz CT molecular complexity index is 1150. The molecule has 1 N–H and O–H groups in total. The van der Waals surface area contributed by atoms with Crippen molar-refractivity contribution in [3.05, 3.63) is 30.0 Å². The summed E-state index contributed by atoms with van der Waals surface area (Å²) in [7, 11) is 8.79. The number of methoxy groups -OCH3 is 1.